The molecule has 0 aromatic rings. The van der Waals surface area contributed by atoms with E-state index in [0.29, 0.717) is 6.04 Å². The van der Waals surface area contributed by atoms with E-state index in [1.54, 1.807) is 6.08 Å². The SMILES string of the molecule is CCCCCCC(C)NC1C=CS(=O)(=O)C1. The van der Waals surface area contributed by atoms with Crippen molar-refractivity contribution in [3.05, 3.63) is 11.5 Å². The molecule has 0 fully saturated rings. The minimum Gasteiger partial charge on any atom is -0.307 e. The molecule has 1 rings (SSSR count). The van der Waals surface area contributed by atoms with Crippen molar-refractivity contribution in [2.45, 2.75) is 58.0 Å². The van der Waals surface area contributed by atoms with Gasteiger partial charge in [-0.25, -0.2) is 8.42 Å². The molecule has 0 aromatic carbocycles. The van der Waals surface area contributed by atoms with E-state index in [2.05, 4.69) is 19.2 Å². The van der Waals surface area contributed by atoms with Gasteiger partial charge in [-0.15, -0.1) is 0 Å². The fourth-order valence-corrected chi connectivity index (χ4v) is 3.25. The number of unbranched alkanes of at least 4 members (excludes halogenated alkanes) is 3. The van der Waals surface area contributed by atoms with Gasteiger partial charge in [-0.05, 0) is 13.3 Å². The van der Waals surface area contributed by atoms with Gasteiger partial charge in [-0.2, -0.15) is 0 Å². The summed E-state index contributed by atoms with van der Waals surface area (Å²) >= 11 is 0. The molecule has 0 aromatic heterocycles. The van der Waals surface area contributed by atoms with E-state index < -0.39 is 9.84 Å². The first-order valence-electron chi connectivity index (χ1n) is 6.20. The van der Waals surface area contributed by atoms with Crippen LogP contribution in [-0.2, 0) is 9.84 Å². The van der Waals surface area contributed by atoms with Crippen LogP contribution in [0.3, 0.4) is 0 Å². The maximum absolute atomic E-state index is 11.2. The summed E-state index contributed by atoms with van der Waals surface area (Å²) in [6.07, 6.45) is 7.95. The topological polar surface area (TPSA) is 46.2 Å². The summed E-state index contributed by atoms with van der Waals surface area (Å²) in [5, 5.41) is 4.67. The Morgan fingerprint density at radius 3 is 2.69 bits per heavy atom. The second-order valence-electron chi connectivity index (χ2n) is 4.68. The van der Waals surface area contributed by atoms with E-state index in [1.165, 1.54) is 31.1 Å². The van der Waals surface area contributed by atoms with Crippen molar-refractivity contribution in [1.29, 1.82) is 0 Å². The average molecular weight is 245 g/mol. The molecule has 1 heterocycles. The summed E-state index contributed by atoms with van der Waals surface area (Å²) in [5.41, 5.74) is 0. The summed E-state index contributed by atoms with van der Waals surface area (Å²) in [7, 11) is -2.91. The van der Waals surface area contributed by atoms with Crippen LogP contribution >= 0.6 is 0 Å². The molecule has 0 saturated heterocycles. The smallest absolute Gasteiger partial charge is 0.173 e. The second kappa shape index (κ2) is 6.40. The number of sulfone groups is 1. The van der Waals surface area contributed by atoms with Crippen LogP contribution in [0.4, 0.5) is 0 Å². The zero-order chi connectivity index (χ0) is 12.0. The average Bonchev–Trinajstić information content (AvgIpc) is 2.53. The molecule has 0 amide bonds. The fourth-order valence-electron chi connectivity index (χ4n) is 2.01. The van der Waals surface area contributed by atoms with Gasteiger partial charge in [-0.1, -0.05) is 38.7 Å². The van der Waals surface area contributed by atoms with Crippen LogP contribution < -0.4 is 5.32 Å². The third kappa shape index (κ3) is 5.12. The number of hydrogen-bond acceptors (Lipinski definition) is 3. The van der Waals surface area contributed by atoms with Gasteiger partial charge in [0.25, 0.3) is 0 Å². The zero-order valence-corrected chi connectivity index (χ0v) is 11.1. The molecule has 0 radical (unpaired) electrons. The van der Waals surface area contributed by atoms with Crippen molar-refractivity contribution < 1.29 is 8.42 Å². The van der Waals surface area contributed by atoms with Crippen molar-refractivity contribution in [3.8, 4) is 0 Å². The lowest BCUT2D eigenvalue weighted by atomic mass is 10.1. The van der Waals surface area contributed by atoms with Crippen molar-refractivity contribution in [1.82, 2.24) is 5.32 Å². The number of nitrogens with one attached hydrogen (secondary N) is 1. The van der Waals surface area contributed by atoms with Crippen LogP contribution in [0.25, 0.3) is 0 Å². The highest BCUT2D eigenvalue weighted by Gasteiger charge is 2.22. The Hall–Kier alpha value is -0.350. The Balaban J connectivity index is 2.16. The quantitative estimate of drug-likeness (QED) is 0.700. The fraction of sp³-hybridized carbons (Fsp3) is 0.833. The highest BCUT2D eigenvalue weighted by atomic mass is 32.2. The highest BCUT2D eigenvalue weighted by molar-refractivity contribution is 7.94. The first-order chi connectivity index (χ1) is 7.53. The number of rotatable bonds is 7. The van der Waals surface area contributed by atoms with E-state index in [9.17, 15) is 8.42 Å². The molecule has 94 valence electrons. The Morgan fingerprint density at radius 1 is 1.38 bits per heavy atom. The summed E-state index contributed by atoms with van der Waals surface area (Å²) < 4.78 is 22.4. The van der Waals surface area contributed by atoms with Crippen LogP contribution in [0, 0.1) is 0 Å². The van der Waals surface area contributed by atoms with Crippen molar-refractivity contribution in [2.75, 3.05) is 5.75 Å². The minimum absolute atomic E-state index is 0.0196. The zero-order valence-electron chi connectivity index (χ0n) is 10.3. The van der Waals surface area contributed by atoms with Crippen molar-refractivity contribution >= 4 is 9.84 Å². The lowest BCUT2D eigenvalue weighted by Crippen LogP contribution is -2.37. The minimum atomic E-state index is -2.91. The highest BCUT2D eigenvalue weighted by Crippen LogP contribution is 2.11. The molecule has 2 unspecified atom stereocenters. The van der Waals surface area contributed by atoms with E-state index in [1.807, 2.05) is 0 Å². The van der Waals surface area contributed by atoms with Crippen molar-refractivity contribution in [2.24, 2.45) is 0 Å². The molecule has 1 N–H and O–H groups in total. The van der Waals surface area contributed by atoms with Crippen LogP contribution in [0.1, 0.15) is 46.0 Å². The molecule has 0 aliphatic carbocycles. The predicted molar refractivity (Wildman–Crippen MR) is 68.1 cm³/mol. The maximum Gasteiger partial charge on any atom is 0.173 e. The van der Waals surface area contributed by atoms with E-state index in [-0.39, 0.29) is 11.8 Å². The van der Waals surface area contributed by atoms with Gasteiger partial charge in [0.1, 0.15) is 0 Å². The Bertz CT molecular complexity index is 322. The van der Waals surface area contributed by atoms with E-state index >= 15 is 0 Å². The van der Waals surface area contributed by atoms with E-state index in [4.69, 9.17) is 0 Å². The summed E-state index contributed by atoms with van der Waals surface area (Å²) in [6.45, 7) is 4.33. The van der Waals surface area contributed by atoms with Gasteiger partial charge >= 0.3 is 0 Å². The Kier molecular flexibility index (Phi) is 5.49. The predicted octanol–water partition coefficient (Wildman–Crippen LogP) is 2.25. The van der Waals surface area contributed by atoms with Crippen LogP contribution in [0.5, 0.6) is 0 Å². The Morgan fingerprint density at radius 2 is 2.12 bits per heavy atom. The molecule has 16 heavy (non-hydrogen) atoms. The standard InChI is InChI=1S/C12H23NO2S/c1-3-4-5-6-7-11(2)13-12-8-9-16(14,15)10-12/h8-9,11-13H,3-7,10H2,1-2H3. The largest absolute Gasteiger partial charge is 0.307 e. The monoisotopic (exact) mass is 245 g/mol. The molecular formula is C12H23NO2S. The van der Waals surface area contributed by atoms with Gasteiger partial charge in [0.2, 0.25) is 0 Å². The molecule has 0 saturated carbocycles. The molecule has 1 aliphatic rings. The third-order valence-electron chi connectivity index (χ3n) is 2.92. The first kappa shape index (κ1) is 13.7. The van der Waals surface area contributed by atoms with Gasteiger partial charge in [-0.3, -0.25) is 0 Å². The number of hydrogen-bond donors (Lipinski definition) is 1. The second-order valence-corrected chi connectivity index (χ2v) is 6.61. The normalized spacial score (nSPS) is 24.8. The van der Waals surface area contributed by atoms with Crippen LogP contribution in [0.15, 0.2) is 11.5 Å². The maximum atomic E-state index is 11.2. The third-order valence-corrected chi connectivity index (χ3v) is 4.31. The molecule has 0 spiro atoms. The van der Waals surface area contributed by atoms with Gasteiger partial charge in [0, 0.05) is 17.5 Å². The van der Waals surface area contributed by atoms with Gasteiger partial charge in [0.05, 0.1) is 5.75 Å². The summed E-state index contributed by atoms with van der Waals surface area (Å²) in [6, 6.07) is 0.422. The Labute approximate surface area is 99.2 Å². The molecule has 1 aliphatic heterocycles. The summed E-state index contributed by atoms with van der Waals surface area (Å²) in [5.74, 6) is 0.228. The molecule has 0 bridgehead atoms. The summed E-state index contributed by atoms with van der Waals surface area (Å²) in [4.78, 5) is 0. The molecule has 2 atom stereocenters. The lowest BCUT2D eigenvalue weighted by molar-refractivity contribution is 0.465. The van der Waals surface area contributed by atoms with E-state index in [0.717, 1.165) is 6.42 Å². The van der Waals surface area contributed by atoms with Gasteiger partial charge in [0.15, 0.2) is 9.84 Å². The van der Waals surface area contributed by atoms with Crippen molar-refractivity contribution in [3.63, 3.8) is 0 Å². The molecular weight excluding hydrogens is 222 g/mol. The first-order valence-corrected chi connectivity index (χ1v) is 7.92. The lowest BCUT2D eigenvalue weighted by Gasteiger charge is -2.17. The van der Waals surface area contributed by atoms with Crippen LogP contribution in [-0.4, -0.2) is 26.3 Å². The van der Waals surface area contributed by atoms with Crippen LogP contribution in [0.2, 0.25) is 0 Å². The van der Waals surface area contributed by atoms with Gasteiger partial charge < -0.3 is 5.32 Å². The molecule has 3 nitrogen and oxygen atoms in total. The molecule has 4 heteroatoms.